The average molecular weight is 282 g/mol. The molecule has 0 aromatic heterocycles. The first-order valence-corrected chi connectivity index (χ1v) is 7.57. The molecular formula is C19H22O2. The molecule has 0 radical (unpaired) electrons. The van der Waals surface area contributed by atoms with Crippen LogP contribution in [-0.4, -0.2) is 10.7 Å². The van der Waals surface area contributed by atoms with Crippen LogP contribution in [-0.2, 0) is 6.42 Å². The summed E-state index contributed by atoms with van der Waals surface area (Å²) in [6, 6.07) is 16.5. The molecule has 2 heteroatoms. The van der Waals surface area contributed by atoms with Crippen molar-refractivity contribution in [3.8, 4) is 5.75 Å². The van der Waals surface area contributed by atoms with E-state index in [2.05, 4.69) is 31.2 Å². The molecule has 2 atom stereocenters. The second-order valence-corrected chi connectivity index (χ2v) is 6.30. The molecule has 0 aliphatic carbocycles. The van der Waals surface area contributed by atoms with E-state index in [1.807, 2.05) is 31.2 Å². The third-order valence-electron chi connectivity index (χ3n) is 4.29. The van der Waals surface area contributed by atoms with Gasteiger partial charge in [-0.05, 0) is 44.4 Å². The Hall–Kier alpha value is -1.80. The predicted octanol–water partition coefficient (Wildman–Crippen LogP) is 4.20. The fourth-order valence-corrected chi connectivity index (χ4v) is 3.05. The molecule has 1 aliphatic heterocycles. The fourth-order valence-electron chi connectivity index (χ4n) is 3.05. The van der Waals surface area contributed by atoms with Gasteiger partial charge < -0.3 is 9.84 Å². The van der Waals surface area contributed by atoms with Crippen molar-refractivity contribution < 1.29 is 9.84 Å². The van der Waals surface area contributed by atoms with Crippen molar-refractivity contribution in [1.29, 1.82) is 0 Å². The van der Waals surface area contributed by atoms with Crippen molar-refractivity contribution in [3.63, 3.8) is 0 Å². The largest absolute Gasteiger partial charge is 0.487 e. The van der Waals surface area contributed by atoms with Crippen molar-refractivity contribution in [3.05, 3.63) is 65.2 Å². The van der Waals surface area contributed by atoms with Crippen LogP contribution in [0.4, 0.5) is 0 Å². The molecule has 1 N–H and O–H groups in total. The molecule has 1 aliphatic rings. The molecule has 0 fully saturated rings. The number of hydrogen-bond acceptors (Lipinski definition) is 2. The zero-order valence-electron chi connectivity index (χ0n) is 12.7. The summed E-state index contributed by atoms with van der Waals surface area (Å²) in [4.78, 5) is 0. The highest BCUT2D eigenvalue weighted by atomic mass is 16.5. The normalized spacial score (nSPS) is 24.2. The van der Waals surface area contributed by atoms with Crippen molar-refractivity contribution in [2.45, 2.75) is 44.8 Å². The van der Waals surface area contributed by atoms with Gasteiger partial charge in [0.15, 0.2) is 0 Å². The molecule has 21 heavy (non-hydrogen) atoms. The molecule has 0 amide bonds. The summed E-state index contributed by atoms with van der Waals surface area (Å²) < 4.78 is 6.21. The quantitative estimate of drug-likeness (QED) is 0.914. The number of aryl methyl sites for hydroxylation is 2. The molecule has 1 unspecified atom stereocenters. The van der Waals surface area contributed by atoms with Crippen LogP contribution in [0.3, 0.4) is 0 Å². The Kier molecular flexibility index (Phi) is 3.73. The fraction of sp³-hybridized carbons (Fsp3) is 0.368. The highest BCUT2D eigenvalue weighted by Crippen LogP contribution is 2.41. The van der Waals surface area contributed by atoms with Crippen LogP contribution in [0.15, 0.2) is 48.5 Å². The highest BCUT2D eigenvalue weighted by molar-refractivity contribution is 5.40. The average Bonchev–Trinajstić information content (AvgIpc) is 2.47. The number of hydrogen-bond donors (Lipinski definition) is 1. The predicted molar refractivity (Wildman–Crippen MR) is 84.6 cm³/mol. The summed E-state index contributed by atoms with van der Waals surface area (Å²) in [5, 5.41) is 10.4. The Bertz CT molecular complexity index is 621. The molecule has 0 saturated heterocycles. The molecule has 1 heterocycles. The van der Waals surface area contributed by atoms with Crippen molar-refractivity contribution >= 4 is 0 Å². The van der Waals surface area contributed by atoms with Gasteiger partial charge in [0.2, 0.25) is 0 Å². The standard InChI is InChI=1S/C19H22O2/c1-14-8-9-18-16(12-14)17(20)13-19(2,21-18)11-10-15-6-4-3-5-7-15/h3-9,12,17,20H,10-11,13H2,1-2H3/t17-,19?/m1/s1. The van der Waals surface area contributed by atoms with E-state index in [0.717, 1.165) is 29.7 Å². The monoisotopic (exact) mass is 282 g/mol. The van der Waals surface area contributed by atoms with Gasteiger partial charge in [-0.15, -0.1) is 0 Å². The van der Waals surface area contributed by atoms with Crippen LogP contribution in [0.25, 0.3) is 0 Å². The molecule has 0 bridgehead atoms. The van der Waals surface area contributed by atoms with Gasteiger partial charge in [-0.2, -0.15) is 0 Å². The Morgan fingerprint density at radius 3 is 2.71 bits per heavy atom. The second-order valence-electron chi connectivity index (χ2n) is 6.30. The first kappa shape index (κ1) is 14.2. The number of aliphatic hydroxyl groups is 1. The van der Waals surface area contributed by atoms with Crippen molar-refractivity contribution in [2.24, 2.45) is 0 Å². The SMILES string of the molecule is Cc1ccc2c(c1)[C@H](O)CC(C)(CCc1ccccc1)O2. The Morgan fingerprint density at radius 1 is 1.19 bits per heavy atom. The number of rotatable bonds is 3. The second kappa shape index (κ2) is 5.53. The molecule has 2 aromatic rings. The smallest absolute Gasteiger partial charge is 0.125 e. The molecule has 110 valence electrons. The van der Waals surface area contributed by atoms with Gasteiger partial charge in [-0.25, -0.2) is 0 Å². The number of aliphatic hydroxyl groups excluding tert-OH is 1. The van der Waals surface area contributed by atoms with Gasteiger partial charge in [0.05, 0.1) is 6.10 Å². The first-order chi connectivity index (χ1) is 10.1. The van der Waals surface area contributed by atoms with E-state index in [9.17, 15) is 5.11 Å². The minimum atomic E-state index is -0.436. The molecule has 3 rings (SSSR count). The van der Waals surface area contributed by atoms with Gasteiger partial charge in [0.25, 0.3) is 0 Å². The van der Waals surface area contributed by atoms with Gasteiger partial charge in [0, 0.05) is 12.0 Å². The summed E-state index contributed by atoms with van der Waals surface area (Å²) in [6.45, 7) is 4.14. The third kappa shape index (κ3) is 3.11. The summed E-state index contributed by atoms with van der Waals surface area (Å²) in [5.41, 5.74) is 3.08. The Balaban J connectivity index is 1.76. The van der Waals surface area contributed by atoms with Crippen molar-refractivity contribution in [1.82, 2.24) is 0 Å². The lowest BCUT2D eigenvalue weighted by Crippen LogP contribution is -2.38. The van der Waals surface area contributed by atoms with Crippen LogP contribution < -0.4 is 4.74 Å². The van der Waals surface area contributed by atoms with E-state index >= 15 is 0 Å². The maximum Gasteiger partial charge on any atom is 0.125 e. The van der Waals surface area contributed by atoms with Gasteiger partial charge in [-0.1, -0.05) is 42.0 Å². The van der Waals surface area contributed by atoms with E-state index in [4.69, 9.17) is 4.74 Å². The lowest BCUT2D eigenvalue weighted by atomic mass is 9.85. The Morgan fingerprint density at radius 2 is 1.95 bits per heavy atom. The minimum absolute atomic E-state index is 0.308. The van der Waals surface area contributed by atoms with Crippen LogP contribution in [0.2, 0.25) is 0 Å². The zero-order valence-corrected chi connectivity index (χ0v) is 12.7. The minimum Gasteiger partial charge on any atom is -0.487 e. The summed E-state index contributed by atoms with van der Waals surface area (Å²) in [5.74, 6) is 0.829. The van der Waals surface area contributed by atoms with Crippen molar-refractivity contribution in [2.75, 3.05) is 0 Å². The number of fused-ring (bicyclic) bond motifs is 1. The summed E-state index contributed by atoms with van der Waals surface area (Å²) >= 11 is 0. The maximum atomic E-state index is 10.4. The van der Waals surface area contributed by atoms with E-state index in [1.54, 1.807) is 0 Å². The number of benzene rings is 2. The van der Waals surface area contributed by atoms with E-state index < -0.39 is 6.10 Å². The molecular weight excluding hydrogens is 260 g/mol. The van der Waals surface area contributed by atoms with E-state index in [1.165, 1.54) is 5.56 Å². The van der Waals surface area contributed by atoms with Crippen LogP contribution in [0.1, 0.15) is 42.6 Å². The van der Waals surface area contributed by atoms with Gasteiger partial charge >= 0.3 is 0 Å². The topological polar surface area (TPSA) is 29.5 Å². The van der Waals surface area contributed by atoms with Crippen LogP contribution in [0.5, 0.6) is 5.75 Å². The molecule has 2 aromatic carbocycles. The Labute approximate surface area is 126 Å². The lowest BCUT2D eigenvalue weighted by Gasteiger charge is -2.38. The van der Waals surface area contributed by atoms with E-state index in [-0.39, 0.29) is 5.60 Å². The molecule has 2 nitrogen and oxygen atoms in total. The zero-order chi connectivity index (χ0) is 14.9. The highest BCUT2D eigenvalue weighted by Gasteiger charge is 2.36. The number of ether oxygens (including phenoxy) is 1. The third-order valence-corrected chi connectivity index (χ3v) is 4.29. The first-order valence-electron chi connectivity index (χ1n) is 7.57. The van der Waals surface area contributed by atoms with Gasteiger partial charge in [0.1, 0.15) is 11.4 Å². The lowest BCUT2D eigenvalue weighted by molar-refractivity contribution is -0.00675. The van der Waals surface area contributed by atoms with Crippen LogP contribution >= 0.6 is 0 Å². The summed E-state index contributed by atoms with van der Waals surface area (Å²) in [7, 11) is 0. The summed E-state index contributed by atoms with van der Waals surface area (Å²) in [6.07, 6.45) is 2.08. The van der Waals surface area contributed by atoms with E-state index in [0.29, 0.717) is 6.42 Å². The molecule has 0 spiro atoms. The maximum absolute atomic E-state index is 10.4. The van der Waals surface area contributed by atoms with Gasteiger partial charge in [-0.3, -0.25) is 0 Å². The van der Waals surface area contributed by atoms with Crippen LogP contribution in [0, 0.1) is 6.92 Å². The molecule has 0 saturated carbocycles.